The first-order chi connectivity index (χ1) is 18.8. The number of thiol groups is 1. The maximum Gasteiger partial charge on any atom is 0.326 e. The lowest BCUT2D eigenvalue weighted by molar-refractivity contribution is -0.148. The highest BCUT2D eigenvalue weighted by Gasteiger charge is 2.43. The van der Waals surface area contributed by atoms with Gasteiger partial charge in [-0.1, -0.05) is 11.3 Å². The van der Waals surface area contributed by atoms with Crippen LogP contribution in [-0.2, 0) is 26.9 Å². The maximum atomic E-state index is 13.6. The van der Waals surface area contributed by atoms with E-state index >= 15 is 0 Å². The van der Waals surface area contributed by atoms with Gasteiger partial charge in [-0.2, -0.15) is 0 Å². The largest absolute Gasteiger partial charge is 0.494 e. The molecular weight excluding hydrogens is 544 g/mol. The fraction of sp³-hybridized carbons (Fsp3) is 0.440. The van der Waals surface area contributed by atoms with E-state index in [9.17, 15) is 23.1 Å². The molecule has 4 heterocycles. The van der Waals surface area contributed by atoms with Crippen molar-refractivity contribution in [3.63, 3.8) is 0 Å². The van der Waals surface area contributed by atoms with Crippen molar-refractivity contribution in [1.29, 1.82) is 0 Å². The summed E-state index contributed by atoms with van der Waals surface area (Å²) < 4.78 is 31.5. The Kier molecular flexibility index (Phi) is 7.75. The van der Waals surface area contributed by atoms with Crippen LogP contribution in [0.3, 0.4) is 0 Å². The molecule has 14 heteroatoms. The third kappa shape index (κ3) is 5.30. The van der Waals surface area contributed by atoms with Crippen LogP contribution in [0.2, 0.25) is 0 Å². The highest BCUT2D eigenvalue weighted by molar-refractivity contribution is 7.74. The van der Waals surface area contributed by atoms with Gasteiger partial charge in [-0.25, -0.2) is 27.5 Å². The van der Waals surface area contributed by atoms with Gasteiger partial charge in [-0.15, -0.1) is 0 Å². The van der Waals surface area contributed by atoms with Crippen molar-refractivity contribution in [2.24, 2.45) is 0 Å². The molecule has 0 aliphatic carbocycles. The molecule has 12 nitrogen and oxygen atoms in total. The number of amides is 1. The van der Waals surface area contributed by atoms with Gasteiger partial charge in [0.1, 0.15) is 28.7 Å². The van der Waals surface area contributed by atoms with E-state index < -0.39 is 34.9 Å². The Labute approximate surface area is 231 Å². The van der Waals surface area contributed by atoms with E-state index in [2.05, 4.69) is 14.9 Å². The summed E-state index contributed by atoms with van der Waals surface area (Å²) in [5, 5.41) is 12.7. The molecule has 0 spiro atoms. The second-order valence-electron chi connectivity index (χ2n) is 9.46. The van der Waals surface area contributed by atoms with Gasteiger partial charge >= 0.3 is 5.97 Å². The summed E-state index contributed by atoms with van der Waals surface area (Å²) in [4.78, 5) is 37.8. The summed E-state index contributed by atoms with van der Waals surface area (Å²) >= 11 is 1.22. The number of aromatic nitrogens is 2. The molecule has 2 aromatic heterocycles. The van der Waals surface area contributed by atoms with Gasteiger partial charge in [0.2, 0.25) is 16.8 Å². The number of pyridine rings is 1. The van der Waals surface area contributed by atoms with Gasteiger partial charge in [0.15, 0.2) is 5.13 Å². The number of aliphatic carboxylic acids is 1. The van der Waals surface area contributed by atoms with Gasteiger partial charge in [0.25, 0.3) is 0 Å². The van der Waals surface area contributed by atoms with Crippen molar-refractivity contribution in [3.05, 3.63) is 36.2 Å². The predicted molar refractivity (Wildman–Crippen MR) is 149 cm³/mol. The number of carbonyl (C=O) groups is 2. The number of carbonyl (C=O) groups excluding carboxylic acids is 1. The Morgan fingerprint density at radius 2 is 2.05 bits per heavy atom. The normalized spacial score (nSPS) is 18.3. The molecular formula is C25H30N6O6S2. The molecule has 2 fully saturated rings. The van der Waals surface area contributed by atoms with E-state index in [0.717, 1.165) is 35.6 Å². The van der Waals surface area contributed by atoms with Crippen LogP contribution >= 0.6 is 11.3 Å². The monoisotopic (exact) mass is 574 g/mol. The number of fused-ring (bicyclic) bond motifs is 1. The summed E-state index contributed by atoms with van der Waals surface area (Å²) in [6.07, 6.45) is 5.28. The fourth-order valence-corrected chi connectivity index (χ4v) is 7.15. The van der Waals surface area contributed by atoms with Crippen LogP contribution in [0, 0.1) is 0 Å². The van der Waals surface area contributed by atoms with Crippen LogP contribution in [0.1, 0.15) is 31.7 Å². The Balaban J connectivity index is 1.41. The number of anilines is 3. The van der Waals surface area contributed by atoms with E-state index in [1.54, 1.807) is 24.4 Å². The first-order valence-electron chi connectivity index (χ1n) is 12.8. The smallest absolute Gasteiger partial charge is 0.326 e. The fourth-order valence-electron chi connectivity index (χ4n) is 5.25. The number of nitrogen functional groups attached to an aromatic ring is 1. The molecule has 3 aromatic rings. The van der Waals surface area contributed by atoms with Crippen molar-refractivity contribution in [1.82, 2.24) is 14.9 Å². The number of ether oxygens (including phenoxy) is 1. The van der Waals surface area contributed by atoms with Gasteiger partial charge in [0, 0.05) is 37.6 Å². The Morgan fingerprint density at radius 3 is 2.74 bits per heavy atom. The number of likely N-dealkylation sites (tertiary alicyclic amines) is 1. The van der Waals surface area contributed by atoms with E-state index in [-0.39, 0.29) is 19.4 Å². The Hall–Kier alpha value is -3.65. The second-order valence-corrected chi connectivity index (χ2v) is 11.4. The first-order valence-corrected chi connectivity index (χ1v) is 14.7. The number of nitrogens with zero attached hydrogens (tertiary/aromatic N) is 5. The second kappa shape index (κ2) is 11.2. The lowest BCUT2D eigenvalue weighted by atomic mass is 10.00. The van der Waals surface area contributed by atoms with Gasteiger partial charge < -0.3 is 25.4 Å². The van der Waals surface area contributed by atoms with Crippen LogP contribution in [0.15, 0.2) is 30.6 Å². The molecule has 0 radical (unpaired) electrons. The van der Waals surface area contributed by atoms with Crippen molar-refractivity contribution in [2.75, 3.05) is 41.2 Å². The molecule has 3 N–H and O–H groups in total. The summed E-state index contributed by atoms with van der Waals surface area (Å²) in [5.74, 6) is -0.949. The number of thiazole rings is 1. The Morgan fingerprint density at radius 1 is 1.28 bits per heavy atom. The molecule has 2 aliphatic heterocycles. The van der Waals surface area contributed by atoms with Gasteiger partial charge in [-0.3, -0.25) is 4.79 Å². The average molecular weight is 575 g/mol. The van der Waals surface area contributed by atoms with Crippen molar-refractivity contribution >= 4 is 60.8 Å². The minimum atomic E-state index is -3.16. The standard InChI is InChI=1S/C25H30N6O6S2/c1-2-37-20-13-17-15(5-7-27-22(17)26)11-16(20)12-19(24(33)34)30-10-6-18(23(30)32)31(39(35)36)21-14-28-25(38-21)29-8-3-4-9-29/h5,7,11,13-14,18-19,39H,2-4,6,8-10,12H2,1H3,(H2,26,27)(H,33,34)/t18-,19+/m0/s1. The van der Waals surface area contributed by atoms with Crippen LogP contribution in [0.4, 0.5) is 16.0 Å². The molecule has 1 amide bonds. The van der Waals surface area contributed by atoms with E-state index in [1.807, 2.05) is 6.92 Å². The topological polar surface area (TPSA) is 159 Å². The zero-order valence-electron chi connectivity index (χ0n) is 21.4. The van der Waals surface area contributed by atoms with E-state index in [0.29, 0.717) is 39.3 Å². The number of hydrogen-bond donors (Lipinski definition) is 3. The van der Waals surface area contributed by atoms with Crippen LogP contribution in [-0.4, -0.2) is 78.6 Å². The molecule has 5 rings (SSSR count). The van der Waals surface area contributed by atoms with Crippen LogP contribution < -0.4 is 19.7 Å². The molecule has 208 valence electrons. The maximum absolute atomic E-state index is 13.6. The summed E-state index contributed by atoms with van der Waals surface area (Å²) in [7, 11) is -3.16. The SMILES string of the molecule is CCOc1cc2c(N)nccc2cc1C[C@H](C(=O)O)N1CC[C@H](N(c2cnc(N3CCCC3)s2)[SH](=O)=O)C1=O. The quantitative estimate of drug-likeness (QED) is 0.305. The molecule has 0 saturated carbocycles. The number of carboxylic acids is 1. The molecule has 1 aromatic carbocycles. The molecule has 2 saturated heterocycles. The zero-order valence-corrected chi connectivity index (χ0v) is 23.1. The summed E-state index contributed by atoms with van der Waals surface area (Å²) in [5.41, 5.74) is 6.62. The van der Waals surface area contributed by atoms with Gasteiger partial charge in [-0.05, 0) is 55.3 Å². The molecule has 0 unspecified atom stereocenters. The predicted octanol–water partition coefficient (Wildman–Crippen LogP) is 1.90. The van der Waals surface area contributed by atoms with Crippen LogP contribution in [0.5, 0.6) is 5.75 Å². The minimum absolute atomic E-state index is 0.0233. The highest BCUT2D eigenvalue weighted by atomic mass is 32.2. The first kappa shape index (κ1) is 26.9. The third-order valence-electron chi connectivity index (χ3n) is 7.12. The Bertz CT molecular complexity index is 1460. The molecule has 0 bridgehead atoms. The van der Waals surface area contributed by atoms with Crippen molar-refractivity contribution < 1.29 is 27.9 Å². The number of hydrogen-bond acceptors (Lipinski definition) is 10. The number of benzene rings is 1. The summed E-state index contributed by atoms with van der Waals surface area (Å²) in [6.45, 7) is 3.98. The highest BCUT2D eigenvalue weighted by Crippen LogP contribution is 2.36. The zero-order chi connectivity index (χ0) is 27.7. The number of nitrogens with two attached hydrogens (primary N) is 1. The van der Waals surface area contributed by atoms with Crippen molar-refractivity contribution in [2.45, 2.75) is 44.7 Å². The number of carboxylic acid groups (broad SMARTS) is 1. The van der Waals surface area contributed by atoms with Gasteiger partial charge in [0.05, 0.1) is 12.8 Å². The lowest BCUT2D eigenvalue weighted by Gasteiger charge is -2.27. The van der Waals surface area contributed by atoms with Crippen molar-refractivity contribution in [3.8, 4) is 5.75 Å². The molecule has 2 atom stereocenters. The summed E-state index contributed by atoms with van der Waals surface area (Å²) in [6, 6.07) is 3.05. The average Bonchev–Trinajstić information content (AvgIpc) is 3.66. The molecule has 39 heavy (non-hydrogen) atoms. The van der Waals surface area contributed by atoms with E-state index in [4.69, 9.17) is 10.5 Å². The van der Waals surface area contributed by atoms with E-state index in [1.165, 1.54) is 22.4 Å². The third-order valence-corrected chi connectivity index (χ3v) is 9.16. The lowest BCUT2D eigenvalue weighted by Crippen LogP contribution is -2.48. The minimum Gasteiger partial charge on any atom is -0.494 e. The van der Waals surface area contributed by atoms with Crippen LogP contribution in [0.25, 0.3) is 10.8 Å². The number of rotatable bonds is 10. The molecule has 2 aliphatic rings.